The highest BCUT2D eigenvalue weighted by Crippen LogP contribution is 2.30. The molecule has 8 heteroatoms. The highest BCUT2D eigenvalue weighted by Gasteiger charge is 2.25. The normalized spacial score (nSPS) is 13.5. The van der Waals surface area contributed by atoms with Gasteiger partial charge in [0.05, 0.1) is 17.6 Å². The number of aromatic nitrogens is 4. The molecule has 158 valence electrons. The number of nitrogens with one attached hydrogen (secondary N) is 1. The van der Waals surface area contributed by atoms with Gasteiger partial charge in [0.2, 0.25) is 5.91 Å². The third-order valence-corrected chi connectivity index (χ3v) is 6.64. The number of nitrogens with zero attached hydrogens (tertiary/aromatic N) is 4. The number of hydrogen-bond donors (Lipinski definition) is 1. The molecule has 0 aliphatic carbocycles. The maximum absolute atomic E-state index is 13.0. The summed E-state index contributed by atoms with van der Waals surface area (Å²) in [7, 11) is 0. The quantitative estimate of drug-likeness (QED) is 0.364. The molecule has 0 radical (unpaired) electrons. The maximum atomic E-state index is 13.0. The molecule has 5 rings (SSSR count). The summed E-state index contributed by atoms with van der Waals surface area (Å²) in [6.45, 7) is 7.66. The summed E-state index contributed by atoms with van der Waals surface area (Å²) in [5.41, 5.74) is 4.50. The van der Waals surface area contributed by atoms with Gasteiger partial charge in [0.1, 0.15) is 5.76 Å². The molecule has 1 N–H and O–H groups in total. The number of aryl methyl sites for hydroxylation is 1. The molecule has 1 aromatic carbocycles. The Bertz CT molecular complexity index is 1270. The van der Waals surface area contributed by atoms with Gasteiger partial charge in [-0.3, -0.25) is 9.36 Å². The van der Waals surface area contributed by atoms with Crippen molar-refractivity contribution < 1.29 is 9.21 Å². The van der Waals surface area contributed by atoms with Crippen LogP contribution in [-0.2, 0) is 24.3 Å². The van der Waals surface area contributed by atoms with Gasteiger partial charge >= 0.3 is 0 Å². The van der Waals surface area contributed by atoms with Gasteiger partial charge in [-0.05, 0) is 19.1 Å². The first-order valence-corrected chi connectivity index (χ1v) is 11.2. The standard InChI is InChI=1S/C23H23N5O2S/c1-3-10-28-22(16-9-12-30-15(16)2)25-26-23(28)31-14-21(29)27-11-8-20-18(13-27)17-6-4-5-7-19(17)24-20/h3-7,9,12,24H,1,8,10-11,13-14H2,2H3. The number of allylic oxidation sites excluding steroid dienone is 1. The molecule has 0 saturated heterocycles. The minimum atomic E-state index is 0.107. The van der Waals surface area contributed by atoms with Crippen molar-refractivity contribution in [3.63, 3.8) is 0 Å². The first-order chi connectivity index (χ1) is 15.2. The SMILES string of the molecule is C=CCn1c(SCC(=O)N2CCc3[nH]c4ccccc4c3C2)nnc1-c1ccoc1C. The molecular weight excluding hydrogens is 410 g/mol. The van der Waals surface area contributed by atoms with E-state index < -0.39 is 0 Å². The number of fused-ring (bicyclic) bond motifs is 3. The smallest absolute Gasteiger partial charge is 0.233 e. The number of benzene rings is 1. The van der Waals surface area contributed by atoms with Gasteiger partial charge in [0, 0.05) is 48.2 Å². The van der Waals surface area contributed by atoms with Gasteiger partial charge in [-0.15, -0.1) is 16.8 Å². The van der Waals surface area contributed by atoms with Crippen LogP contribution < -0.4 is 0 Å². The monoisotopic (exact) mass is 433 g/mol. The van der Waals surface area contributed by atoms with Crippen LogP contribution in [0.25, 0.3) is 22.3 Å². The van der Waals surface area contributed by atoms with E-state index in [1.54, 1.807) is 12.3 Å². The number of thioether (sulfide) groups is 1. The van der Waals surface area contributed by atoms with Crippen LogP contribution in [0.2, 0.25) is 0 Å². The number of furan rings is 1. The molecule has 1 aliphatic rings. The number of para-hydroxylation sites is 1. The fourth-order valence-corrected chi connectivity index (χ4v) is 4.95. The molecule has 0 saturated carbocycles. The van der Waals surface area contributed by atoms with Gasteiger partial charge in [0.25, 0.3) is 0 Å². The summed E-state index contributed by atoms with van der Waals surface area (Å²) in [6, 6.07) is 10.2. The molecule has 1 amide bonds. The second-order valence-corrected chi connectivity index (χ2v) is 8.52. The second kappa shape index (κ2) is 8.11. The topological polar surface area (TPSA) is 80.0 Å². The fraction of sp³-hybridized carbons (Fsp3) is 0.261. The van der Waals surface area contributed by atoms with Crippen LogP contribution in [0.3, 0.4) is 0 Å². The molecule has 0 spiro atoms. The van der Waals surface area contributed by atoms with E-state index in [-0.39, 0.29) is 5.91 Å². The van der Waals surface area contributed by atoms with E-state index in [4.69, 9.17) is 4.42 Å². The number of hydrogen-bond acceptors (Lipinski definition) is 5. The van der Waals surface area contributed by atoms with Crippen LogP contribution in [0.5, 0.6) is 0 Å². The third kappa shape index (κ3) is 3.57. The molecule has 0 atom stereocenters. The van der Waals surface area contributed by atoms with E-state index in [2.05, 4.69) is 33.9 Å². The molecule has 0 fully saturated rings. The number of rotatable bonds is 6. The Labute approximate surface area is 184 Å². The van der Waals surface area contributed by atoms with Gasteiger partial charge in [0.15, 0.2) is 11.0 Å². The van der Waals surface area contributed by atoms with E-state index in [0.29, 0.717) is 24.0 Å². The van der Waals surface area contributed by atoms with Crippen molar-refractivity contribution in [2.45, 2.75) is 31.6 Å². The van der Waals surface area contributed by atoms with Crippen LogP contribution in [0, 0.1) is 6.92 Å². The predicted octanol–water partition coefficient (Wildman–Crippen LogP) is 4.19. The second-order valence-electron chi connectivity index (χ2n) is 7.58. The summed E-state index contributed by atoms with van der Waals surface area (Å²) in [6.07, 6.45) is 4.29. The highest BCUT2D eigenvalue weighted by molar-refractivity contribution is 7.99. The number of aromatic amines is 1. The molecule has 4 heterocycles. The minimum absolute atomic E-state index is 0.107. The van der Waals surface area contributed by atoms with Crippen LogP contribution >= 0.6 is 11.8 Å². The molecule has 4 aromatic rings. The molecule has 3 aromatic heterocycles. The lowest BCUT2D eigenvalue weighted by Crippen LogP contribution is -2.36. The van der Waals surface area contributed by atoms with Crippen molar-refractivity contribution in [1.82, 2.24) is 24.6 Å². The largest absolute Gasteiger partial charge is 0.469 e. The lowest BCUT2D eigenvalue weighted by Gasteiger charge is -2.27. The average molecular weight is 434 g/mol. The maximum Gasteiger partial charge on any atom is 0.233 e. The van der Waals surface area contributed by atoms with Crippen LogP contribution in [0.4, 0.5) is 0 Å². The first-order valence-electron chi connectivity index (χ1n) is 10.2. The fourth-order valence-electron chi connectivity index (χ4n) is 4.10. The van der Waals surface area contributed by atoms with Gasteiger partial charge < -0.3 is 14.3 Å². The van der Waals surface area contributed by atoms with Crippen molar-refractivity contribution in [3.8, 4) is 11.4 Å². The van der Waals surface area contributed by atoms with E-state index in [0.717, 1.165) is 35.6 Å². The van der Waals surface area contributed by atoms with E-state index >= 15 is 0 Å². The summed E-state index contributed by atoms with van der Waals surface area (Å²) in [5.74, 6) is 1.93. The molecule has 31 heavy (non-hydrogen) atoms. The Morgan fingerprint density at radius 2 is 2.19 bits per heavy atom. The molecule has 1 aliphatic heterocycles. The molecule has 7 nitrogen and oxygen atoms in total. The van der Waals surface area contributed by atoms with Crippen molar-refractivity contribution in [2.75, 3.05) is 12.3 Å². The summed E-state index contributed by atoms with van der Waals surface area (Å²) < 4.78 is 7.38. The average Bonchev–Trinajstić information content (AvgIpc) is 3.48. The zero-order chi connectivity index (χ0) is 21.4. The minimum Gasteiger partial charge on any atom is -0.469 e. The van der Waals surface area contributed by atoms with Crippen LogP contribution in [0.15, 0.2) is 58.8 Å². The van der Waals surface area contributed by atoms with Crippen molar-refractivity contribution in [2.24, 2.45) is 0 Å². The summed E-state index contributed by atoms with van der Waals surface area (Å²) in [5, 5.41) is 10.6. The Kier molecular flexibility index (Phi) is 5.15. The van der Waals surface area contributed by atoms with E-state index in [1.165, 1.54) is 28.4 Å². The Morgan fingerprint density at radius 3 is 3.00 bits per heavy atom. The molecule has 0 bridgehead atoms. The highest BCUT2D eigenvalue weighted by atomic mass is 32.2. The first kappa shape index (κ1) is 19.7. The van der Waals surface area contributed by atoms with Gasteiger partial charge in [-0.25, -0.2) is 0 Å². The van der Waals surface area contributed by atoms with Crippen LogP contribution in [-0.4, -0.2) is 42.9 Å². The number of amides is 1. The van der Waals surface area contributed by atoms with Crippen LogP contribution in [0.1, 0.15) is 17.0 Å². The number of carbonyl (C=O) groups is 1. The molecule has 0 unspecified atom stereocenters. The van der Waals surface area contributed by atoms with Crippen molar-refractivity contribution in [1.29, 1.82) is 0 Å². The number of carbonyl (C=O) groups excluding carboxylic acids is 1. The number of H-pyrrole nitrogens is 1. The van der Waals surface area contributed by atoms with Gasteiger partial charge in [-0.1, -0.05) is 36.0 Å². The van der Waals surface area contributed by atoms with Crippen molar-refractivity contribution >= 4 is 28.6 Å². The zero-order valence-electron chi connectivity index (χ0n) is 17.3. The van der Waals surface area contributed by atoms with E-state index in [9.17, 15) is 4.79 Å². The summed E-state index contributed by atoms with van der Waals surface area (Å²) >= 11 is 1.41. The molecular formula is C23H23N5O2S. The van der Waals surface area contributed by atoms with E-state index in [1.807, 2.05) is 34.6 Å². The Balaban J connectivity index is 1.31. The Morgan fingerprint density at radius 1 is 1.32 bits per heavy atom. The predicted molar refractivity (Wildman–Crippen MR) is 121 cm³/mol. The van der Waals surface area contributed by atoms with Crippen molar-refractivity contribution in [3.05, 3.63) is 66.3 Å². The van der Waals surface area contributed by atoms with Gasteiger partial charge in [-0.2, -0.15) is 0 Å². The summed E-state index contributed by atoms with van der Waals surface area (Å²) in [4.78, 5) is 18.4. The lowest BCUT2D eigenvalue weighted by molar-refractivity contribution is -0.129. The lowest BCUT2D eigenvalue weighted by atomic mass is 10.0. The Hall–Kier alpha value is -3.26. The third-order valence-electron chi connectivity index (χ3n) is 5.69. The zero-order valence-corrected chi connectivity index (χ0v) is 18.1.